The van der Waals surface area contributed by atoms with Crippen molar-refractivity contribution >= 4 is 5.97 Å². The number of rotatable bonds is 4. The van der Waals surface area contributed by atoms with E-state index < -0.39 is 0 Å². The number of esters is 1. The van der Waals surface area contributed by atoms with Crippen molar-refractivity contribution in [3.63, 3.8) is 0 Å². The van der Waals surface area contributed by atoms with Crippen molar-refractivity contribution in [1.29, 1.82) is 0 Å². The molecule has 0 spiro atoms. The van der Waals surface area contributed by atoms with Crippen LogP contribution < -0.4 is 0 Å². The lowest BCUT2D eigenvalue weighted by atomic mass is 9.94. The third kappa shape index (κ3) is 4.62. The molecule has 0 amide bonds. The maximum absolute atomic E-state index is 11.5. The first-order valence-corrected chi connectivity index (χ1v) is 7.28. The van der Waals surface area contributed by atoms with Crippen LogP contribution in [-0.4, -0.2) is 31.1 Å². The van der Waals surface area contributed by atoms with Crippen LogP contribution in [0.4, 0.5) is 0 Å². The molecule has 2 aliphatic rings. The summed E-state index contributed by atoms with van der Waals surface area (Å²) in [6.45, 7) is 6.08. The highest BCUT2D eigenvalue weighted by molar-refractivity contribution is 5.87. The molecule has 108 valence electrons. The van der Waals surface area contributed by atoms with E-state index in [0.717, 1.165) is 45.1 Å². The van der Waals surface area contributed by atoms with Crippen LogP contribution in [0, 0.1) is 0 Å². The Bertz CT molecular complexity index is 320. The summed E-state index contributed by atoms with van der Waals surface area (Å²) in [5.41, 5.74) is 0.457. The van der Waals surface area contributed by atoms with Crippen molar-refractivity contribution in [3.8, 4) is 0 Å². The quantitative estimate of drug-likeness (QED) is 0.581. The number of ether oxygens (including phenoxy) is 3. The molecule has 4 nitrogen and oxygen atoms in total. The second-order valence-corrected chi connectivity index (χ2v) is 5.53. The average molecular weight is 268 g/mol. The van der Waals surface area contributed by atoms with Gasteiger partial charge in [0.1, 0.15) is 6.10 Å². The van der Waals surface area contributed by atoms with Crippen LogP contribution >= 0.6 is 0 Å². The lowest BCUT2D eigenvalue weighted by molar-refractivity contribution is -0.200. The van der Waals surface area contributed by atoms with Crippen LogP contribution in [0.5, 0.6) is 0 Å². The Morgan fingerprint density at radius 1 is 1.16 bits per heavy atom. The van der Waals surface area contributed by atoms with Crippen molar-refractivity contribution in [3.05, 3.63) is 12.2 Å². The zero-order valence-electron chi connectivity index (χ0n) is 11.7. The lowest BCUT2D eigenvalue weighted by Crippen LogP contribution is -2.34. The van der Waals surface area contributed by atoms with Gasteiger partial charge in [-0.15, -0.1) is 0 Å². The standard InChI is InChI=1S/C15H24O4/c1-11(2)15(16)19-13-7-5-6-12(10-13)18-14-8-3-4-9-17-14/h12-14H,1,3-10H2,2H3. The highest BCUT2D eigenvalue weighted by Crippen LogP contribution is 2.27. The van der Waals surface area contributed by atoms with Crippen molar-refractivity contribution in [1.82, 2.24) is 0 Å². The van der Waals surface area contributed by atoms with Crippen molar-refractivity contribution in [2.75, 3.05) is 6.61 Å². The first-order valence-electron chi connectivity index (χ1n) is 7.28. The van der Waals surface area contributed by atoms with E-state index in [9.17, 15) is 4.79 Å². The summed E-state index contributed by atoms with van der Waals surface area (Å²) in [5, 5.41) is 0. The molecule has 0 aromatic heterocycles. The Balaban J connectivity index is 1.76. The van der Waals surface area contributed by atoms with Crippen LogP contribution in [-0.2, 0) is 19.0 Å². The Kier molecular flexibility index (Phi) is 5.40. The second kappa shape index (κ2) is 7.06. The predicted molar refractivity (Wildman–Crippen MR) is 71.6 cm³/mol. The Morgan fingerprint density at radius 2 is 1.95 bits per heavy atom. The van der Waals surface area contributed by atoms with E-state index in [2.05, 4.69) is 6.58 Å². The summed E-state index contributed by atoms with van der Waals surface area (Å²) in [6.07, 6.45) is 7.10. The minimum atomic E-state index is -0.292. The average Bonchev–Trinajstić information content (AvgIpc) is 2.40. The molecule has 1 saturated heterocycles. The second-order valence-electron chi connectivity index (χ2n) is 5.53. The summed E-state index contributed by atoms with van der Waals surface area (Å²) >= 11 is 0. The molecule has 0 bridgehead atoms. The molecule has 0 aromatic carbocycles. The van der Waals surface area contributed by atoms with Gasteiger partial charge in [-0.3, -0.25) is 0 Å². The van der Waals surface area contributed by atoms with Gasteiger partial charge in [0.15, 0.2) is 6.29 Å². The molecule has 2 rings (SSSR count). The Morgan fingerprint density at radius 3 is 2.63 bits per heavy atom. The van der Waals surface area contributed by atoms with Crippen LogP contribution in [0.2, 0.25) is 0 Å². The molecular weight excluding hydrogens is 244 g/mol. The molecule has 1 aliphatic heterocycles. The van der Waals surface area contributed by atoms with Gasteiger partial charge >= 0.3 is 5.97 Å². The van der Waals surface area contributed by atoms with E-state index in [4.69, 9.17) is 14.2 Å². The van der Waals surface area contributed by atoms with E-state index in [1.165, 1.54) is 6.42 Å². The van der Waals surface area contributed by atoms with Crippen LogP contribution in [0.15, 0.2) is 12.2 Å². The highest BCUT2D eigenvalue weighted by Gasteiger charge is 2.28. The fourth-order valence-electron chi connectivity index (χ4n) is 2.62. The van der Waals surface area contributed by atoms with Crippen molar-refractivity contribution < 1.29 is 19.0 Å². The van der Waals surface area contributed by atoms with E-state index in [1.54, 1.807) is 6.92 Å². The summed E-state index contributed by atoms with van der Waals surface area (Å²) in [4.78, 5) is 11.5. The summed E-state index contributed by atoms with van der Waals surface area (Å²) in [5.74, 6) is -0.292. The van der Waals surface area contributed by atoms with Gasteiger partial charge in [0, 0.05) is 18.6 Å². The van der Waals surface area contributed by atoms with Gasteiger partial charge in [0.25, 0.3) is 0 Å². The number of hydrogen-bond donors (Lipinski definition) is 0. The normalized spacial score (nSPS) is 31.7. The van der Waals surface area contributed by atoms with Gasteiger partial charge in [-0.2, -0.15) is 0 Å². The number of carbonyl (C=O) groups is 1. The lowest BCUT2D eigenvalue weighted by Gasteiger charge is -2.33. The van der Waals surface area contributed by atoms with Gasteiger partial charge in [0.2, 0.25) is 0 Å². The molecule has 1 aliphatic carbocycles. The number of carbonyl (C=O) groups excluding carboxylic acids is 1. The van der Waals surface area contributed by atoms with E-state index >= 15 is 0 Å². The fraction of sp³-hybridized carbons (Fsp3) is 0.800. The Labute approximate surface area is 115 Å². The van der Waals surface area contributed by atoms with Crippen LogP contribution in [0.25, 0.3) is 0 Å². The topological polar surface area (TPSA) is 44.8 Å². The fourth-order valence-corrected chi connectivity index (χ4v) is 2.62. The molecule has 1 heterocycles. The van der Waals surface area contributed by atoms with E-state index in [0.29, 0.717) is 5.57 Å². The molecule has 2 fully saturated rings. The smallest absolute Gasteiger partial charge is 0.333 e. The highest BCUT2D eigenvalue weighted by atomic mass is 16.7. The van der Waals surface area contributed by atoms with Gasteiger partial charge in [0.05, 0.1) is 6.10 Å². The number of hydrogen-bond acceptors (Lipinski definition) is 4. The third-order valence-corrected chi connectivity index (χ3v) is 3.68. The zero-order chi connectivity index (χ0) is 13.7. The first-order chi connectivity index (χ1) is 9.15. The van der Waals surface area contributed by atoms with E-state index in [1.807, 2.05) is 0 Å². The minimum absolute atomic E-state index is 0.0356. The van der Waals surface area contributed by atoms with Gasteiger partial charge in [-0.05, 0) is 45.4 Å². The molecule has 0 aromatic rings. The third-order valence-electron chi connectivity index (χ3n) is 3.68. The molecule has 1 saturated carbocycles. The summed E-state index contributed by atoms with van der Waals surface area (Å²) < 4.78 is 17.0. The molecule has 4 heteroatoms. The van der Waals surface area contributed by atoms with E-state index in [-0.39, 0.29) is 24.5 Å². The maximum Gasteiger partial charge on any atom is 0.333 e. The molecule has 0 radical (unpaired) electrons. The first kappa shape index (κ1) is 14.5. The van der Waals surface area contributed by atoms with Gasteiger partial charge in [-0.25, -0.2) is 4.79 Å². The molecule has 3 unspecified atom stereocenters. The largest absolute Gasteiger partial charge is 0.459 e. The summed E-state index contributed by atoms with van der Waals surface area (Å²) in [6, 6.07) is 0. The van der Waals surface area contributed by atoms with Gasteiger partial charge in [-0.1, -0.05) is 6.58 Å². The predicted octanol–water partition coefficient (Wildman–Crippen LogP) is 2.96. The SMILES string of the molecule is C=C(C)C(=O)OC1CCCC(OC2CCCCO2)C1. The Hall–Kier alpha value is -0.870. The minimum Gasteiger partial charge on any atom is -0.459 e. The van der Waals surface area contributed by atoms with Crippen LogP contribution in [0.1, 0.15) is 51.9 Å². The molecule has 0 N–H and O–H groups in total. The zero-order valence-corrected chi connectivity index (χ0v) is 11.7. The van der Waals surface area contributed by atoms with Crippen molar-refractivity contribution in [2.45, 2.75) is 70.4 Å². The van der Waals surface area contributed by atoms with Crippen molar-refractivity contribution in [2.24, 2.45) is 0 Å². The molecule has 3 atom stereocenters. The maximum atomic E-state index is 11.5. The molecular formula is C15H24O4. The molecule has 19 heavy (non-hydrogen) atoms. The monoisotopic (exact) mass is 268 g/mol. The summed E-state index contributed by atoms with van der Waals surface area (Å²) in [7, 11) is 0. The van der Waals surface area contributed by atoms with Crippen LogP contribution in [0.3, 0.4) is 0 Å². The van der Waals surface area contributed by atoms with Gasteiger partial charge < -0.3 is 14.2 Å².